The molecule has 2 heterocycles. The molecule has 17 heavy (non-hydrogen) atoms. The fourth-order valence-corrected chi connectivity index (χ4v) is 2.23. The Hall–Kier alpha value is -1.43. The summed E-state index contributed by atoms with van der Waals surface area (Å²) in [5, 5.41) is 10.5. The minimum Gasteiger partial charge on any atom is -0.426 e. The Kier molecular flexibility index (Phi) is 3.73. The van der Waals surface area contributed by atoms with Gasteiger partial charge in [0, 0.05) is 6.04 Å². The second-order valence-corrected chi connectivity index (χ2v) is 4.42. The molecule has 0 radical (unpaired) electrons. The molecule has 1 aliphatic rings. The number of nitrogens with one attached hydrogen (secondary N) is 1. The molecule has 1 aromatic rings. The first-order chi connectivity index (χ1) is 8.22. The molecule has 0 saturated carbocycles. The summed E-state index contributed by atoms with van der Waals surface area (Å²) in [6, 6.07) is 0.121. The van der Waals surface area contributed by atoms with Crippen molar-refractivity contribution in [2.75, 3.05) is 7.05 Å². The van der Waals surface area contributed by atoms with Crippen molar-refractivity contribution in [2.45, 2.75) is 44.8 Å². The molecular weight excluding hydrogens is 220 g/mol. The van der Waals surface area contributed by atoms with Crippen molar-refractivity contribution in [3.05, 3.63) is 12.3 Å². The predicted octanol–water partition coefficient (Wildman–Crippen LogP) is 0.559. The Morgan fingerprint density at radius 3 is 3.06 bits per heavy atom. The van der Waals surface area contributed by atoms with E-state index < -0.39 is 0 Å². The number of hydrogen-bond donors (Lipinski definition) is 1. The Morgan fingerprint density at radius 2 is 2.41 bits per heavy atom. The van der Waals surface area contributed by atoms with Crippen LogP contribution in [0.2, 0.25) is 0 Å². The Bertz CT molecular complexity index is 366. The van der Waals surface area contributed by atoms with Gasteiger partial charge >= 0.3 is 0 Å². The van der Waals surface area contributed by atoms with Crippen molar-refractivity contribution in [2.24, 2.45) is 0 Å². The zero-order chi connectivity index (χ0) is 12.3. The SMILES string of the molecule is CNC1CCCC(C)N(Cc2nnco2)C1=O. The fourth-order valence-electron chi connectivity index (χ4n) is 2.23. The molecule has 2 atom stereocenters. The molecule has 0 spiro atoms. The lowest BCUT2D eigenvalue weighted by Gasteiger charge is -2.27. The van der Waals surface area contributed by atoms with Crippen LogP contribution in [0.25, 0.3) is 0 Å². The normalized spacial score (nSPS) is 26.0. The van der Waals surface area contributed by atoms with Crippen molar-refractivity contribution in [3.63, 3.8) is 0 Å². The average molecular weight is 238 g/mol. The molecule has 1 N–H and O–H groups in total. The van der Waals surface area contributed by atoms with Gasteiger partial charge in [-0.05, 0) is 33.2 Å². The smallest absolute Gasteiger partial charge is 0.240 e. The van der Waals surface area contributed by atoms with Crippen LogP contribution in [-0.4, -0.2) is 40.1 Å². The first-order valence-corrected chi connectivity index (χ1v) is 5.95. The first kappa shape index (κ1) is 12.0. The van der Waals surface area contributed by atoms with E-state index in [2.05, 4.69) is 22.4 Å². The van der Waals surface area contributed by atoms with Gasteiger partial charge in [0.05, 0.1) is 12.6 Å². The lowest BCUT2D eigenvalue weighted by Crippen LogP contribution is -2.46. The van der Waals surface area contributed by atoms with Crippen LogP contribution < -0.4 is 5.32 Å². The van der Waals surface area contributed by atoms with Gasteiger partial charge in [0.2, 0.25) is 18.2 Å². The van der Waals surface area contributed by atoms with Gasteiger partial charge in [-0.3, -0.25) is 4.79 Å². The highest BCUT2D eigenvalue weighted by molar-refractivity contribution is 5.82. The molecule has 0 aliphatic carbocycles. The molecule has 1 aliphatic heterocycles. The number of nitrogens with zero attached hydrogens (tertiary/aromatic N) is 3. The van der Waals surface area contributed by atoms with Crippen LogP contribution in [0.15, 0.2) is 10.8 Å². The molecule has 6 heteroatoms. The number of hydrogen-bond acceptors (Lipinski definition) is 5. The largest absolute Gasteiger partial charge is 0.426 e. The predicted molar refractivity (Wildman–Crippen MR) is 61.0 cm³/mol. The molecule has 2 unspecified atom stereocenters. The summed E-state index contributed by atoms with van der Waals surface area (Å²) >= 11 is 0. The number of carbonyl (C=O) groups excluding carboxylic acids is 1. The van der Waals surface area contributed by atoms with E-state index in [9.17, 15) is 4.79 Å². The number of rotatable bonds is 3. The van der Waals surface area contributed by atoms with E-state index in [1.807, 2.05) is 11.9 Å². The van der Waals surface area contributed by atoms with Gasteiger partial charge in [-0.1, -0.05) is 0 Å². The highest BCUT2D eigenvalue weighted by Crippen LogP contribution is 2.19. The minimum atomic E-state index is -0.0946. The second-order valence-electron chi connectivity index (χ2n) is 4.42. The molecule has 1 amide bonds. The lowest BCUT2D eigenvalue weighted by atomic mass is 10.1. The number of carbonyl (C=O) groups is 1. The van der Waals surface area contributed by atoms with E-state index in [4.69, 9.17) is 4.42 Å². The van der Waals surface area contributed by atoms with Crippen LogP contribution in [-0.2, 0) is 11.3 Å². The zero-order valence-corrected chi connectivity index (χ0v) is 10.2. The number of likely N-dealkylation sites (tertiary alicyclic amines) is 1. The molecule has 2 rings (SSSR count). The summed E-state index contributed by atoms with van der Waals surface area (Å²) in [5.41, 5.74) is 0. The van der Waals surface area contributed by atoms with Gasteiger partial charge in [0.25, 0.3) is 0 Å². The quantitative estimate of drug-likeness (QED) is 0.833. The summed E-state index contributed by atoms with van der Waals surface area (Å²) < 4.78 is 5.11. The van der Waals surface area contributed by atoms with E-state index in [0.717, 1.165) is 19.3 Å². The molecule has 0 bridgehead atoms. The Morgan fingerprint density at radius 1 is 1.59 bits per heavy atom. The standard InChI is InChI=1S/C11H18N4O2/c1-8-4-3-5-9(12-2)11(16)15(8)6-10-14-13-7-17-10/h7-9,12H,3-6H2,1-2H3. The van der Waals surface area contributed by atoms with E-state index >= 15 is 0 Å². The average Bonchev–Trinajstić information content (AvgIpc) is 2.79. The summed E-state index contributed by atoms with van der Waals surface area (Å²) in [5.74, 6) is 0.609. The van der Waals surface area contributed by atoms with Gasteiger partial charge in [-0.25, -0.2) is 0 Å². The van der Waals surface area contributed by atoms with Crippen LogP contribution in [0, 0.1) is 0 Å². The first-order valence-electron chi connectivity index (χ1n) is 5.95. The van der Waals surface area contributed by atoms with Gasteiger partial charge < -0.3 is 14.6 Å². The van der Waals surface area contributed by atoms with E-state index in [0.29, 0.717) is 12.4 Å². The molecule has 1 saturated heterocycles. The summed E-state index contributed by atoms with van der Waals surface area (Å²) in [6.07, 6.45) is 4.24. The van der Waals surface area contributed by atoms with Crippen LogP contribution in [0.3, 0.4) is 0 Å². The van der Waals surface area contributed by atoms with Gasteiger partial charge in [-0.2, -0.15) is 0 Å². The molecule has 6 nitrogen and oxygen atoms in total. The highest BCUT2D eigenvalue weighted by atomic mass is 16.4. The number of likely N-dealkylation sites (N-methyl/N-ethyl adjacent to an activating group) is 1. The molecule has 94 valence electrons. The van der Waals surface area contributed by atoms with Gasteiger partial charge in [-0.15, -0.1) is 10.2 Å². The molecule has 1 aromatic heterocycles. The number of aromatic nitrogens is 2. The third-order valence-electron chi connectivity index (χ3n) is 3.29. The maximum Gasteiger partial charge on any atom is 0.240 e. The van der Waals surface area contributed by atoms with Crippen molar-refractivity contribution in [3.8, 4) is 0 Å². The Balaban J connectivity index is 2.12. The summed E-state index contributed by atoms with van der Waals surface area (Å²) in [6.45, 7) is 2.46. The van der Waals surface area contributed by atoms with Crippen LogP contribution in [0.1, 0.15) is 32.1 Å². The third-order valence-corrected chi connectivity index (χ3v) is 3.29. The third kappa shape index (κ3) is 2.63. The maximum atomic E-state index is 12.3. The fraction of sp³-hybridized carbons (Fsp3) is 0.727. The molecule has 0 aromatic carbocycles. The van der Waals surface area contributed by atoms with Crippen LogP contribution in [0.5, 0.6) is 0 Å². The van der Waals surface area contributed by atoms with E-state index in [-0.39, 0.29) is 18.0 Å². The zero-order valence-electron chi connectivity index (χ0n) is 10.2. The van der Waals surface area contributed by atoms with Crippen LogP contribution >= 0.6 is 0 Å². The van der Waals surface area contributed by atoms with E-state index in [1.165, 1.54) is 6.39 Å². The highest BCUT2D eigenvalue weighted by Gasteiger charge is 2.30. The van der Waals surface area contributed by atoms with Crippen molar-refractivity contribution in [1.82, 2.24) is 20.4 Å². The number of amides is 1. The Labute approximate surface area is 100 Å². The molecular formula is C11H18N4O2. The van der Waals surface area contributed by atoms with Gasteiger partial charge in [0.1, 0.15) is 0 Å². The summed E-state index contributed by atoms with van der Waals surface area (Å²) in [4.78, 5) is 14.1. The lowest BCUT2D eigenvalue weighted by molar-refractivity contribution is -0.135. The monoisotopic (exact) mass is 238 g/mol. The van der Waals surface area contributed by atoms with Crippen molar-refractivity contribution < 1.29 is 9.21 Å². The second kappa shape index (κ2) is 5.27. The van der Waals surface area contributed by atoms with Crippen LogP contribution in [0.4, 0.5) is 0 Å². The maximum absolute atomic E-state index is 12.3. The summed E-state index contributed by atoms with van der Waals surface area (Å²) in [7, 11) is 1.82. The van der Waals surface area contributed by atoms with Crippen molar-refractivity contribution in [1.29, 1.82) is 0 Å². The minimum absolute atomic E-state index is 0.0946. The van der Waals surface area contributed by atoms with Crippen molar-refractivity contribution >= 4 is 5.91 Å². The molecule has 1 fully saturated rings. The van der Waals surface area contributed by atoms with E-state index in [1.54, 1.807) is 0 Å². The topological polar surface area (TPSA) is 71.3 Å². The van der Waals surface area contributed by atoms with Gasteiger partial charge in [0.15, 0.2) is 0 Å².